The molecule has 6 N–H and O–H groups in total. The van der Waals surface area contributed by atoms with Gasteiger partial charge in [-0.15, -0.1) is 0 Å². The predicted octanol–water partition coefficient (Wildman–Crippen LogP) is -1.41. The lowest BCUT2D eigenvalue weighted by Gasteiger charge is -2.25. The van der Waals surface area contributed by atoms with Crippen LogP contribution >= 0.6 is 0 Å². The molecular formula is C18H35N5O6S. The molecule has 0 fully saturated rings. The van der Waals surface area contributed by atoms with Gasteiger partial charge in [-0.2, -0.15) is 0 Å². The van der Waals surface area contributed by atoms with Crippen molar-refractivity contribution in [3.63, 3.8) is 0 Å². The van der Waals surface area contributed by atoms with Gasteiger partial charge in [0.05, 0.1) is 12.3 Å². The first-order valence-corrected chi connectivity index (χ1v) is 11.5. The van der Waals surface area contributed by atoms with Gasteiger partial charge in [-0.1, -0.05) is 27.7 Å². The van der Waals surface area contributed by atoms with E-state index >= 15 is 0 Å². The van der Waals surface area contributed by atoms with E-state index in [4.69, 9.17) is 5.73 Å². The first kappa shape index (κ1) is 27.8. The number of sulfonamides is 1. The SMILES string of the molecule is CCS(=O)(=O)NC(=O)[C@H](CC(C)C)NC(=O)[C@H](C)NC(=O)[C@@H](NC(=O)CN)C(C)C. The third-order valence-corrected chi connectivity index (χ3v) is 5.45. The maximum Gasteiger partial charge on any atom is 0.256 e. The molecule has 30 heavy (non-hydrogen) atoms. The van der Waals surface area contributed by atoms with Crippen molar-refractivity contribution >= 4 is 33.7 Å². The molecule has 0 unspecified atom stereocenters. The summed E-state index contributed by atoms with van der Waals surface area (Å²) < 4.78 is 25.3. The Hall–Kier alpha value is -2.21. The molecule has 0 rings (SSSR count). The Labute approximate surface area is 178 Å². The lowest BCUT2D eigenvalue weighted by Crippen LogP contribution is -2.57. The summed E-state index contributed by atoms with van der Waals surface area (Å²) in [5.41, 5.74) is 5.26. The van der Waals surface area contributed by atoms with E-state index in [2.05, 4.69) is 16.0 Å². The predicted molar refractivity (Wildman–Crippen MR) is 112 cm³/mol. The summed E-state index contributed by atoms with van der Waals surface area (Å²) in [5.74, 6) is -3.13. The van der Waals surface area contributed by atoms with Crippen molar-refractivity contribution in [2.24, 2.45) is 17.6 Å². The van der Waals surface area contributed by atoms with Gasteiger partial charge in [-0.25, -0.2) is 8.42 Å². The Morgan fingerprint density at radius 1 is 0.867 bits per heavy atom. The molecule has 0 aromatic carbocycles. The van der Waals surface area contributed by atoms with E-state index in [1.165, 1.54) is 13.8 Å². The van der Waals surface area contributed by atoms with Crippen LogP contribution in [0.5, 0.6) is 0 Å². The van der Waals surface area contributed by atoms with Crippen LogP contribution in [0.3, 0.4) is 0 Å². The van der Waals surface area contributed by atoms with E-state index in [1.807, 2.05) is 18.6 Å². The van der Waals surface area contributed by atoms with Crippen LogP contribution in [0, 0.1) is 11.8 Å². The van der Waals surface area contributed by atoms with Crippen LogP contribution in [0.2, 0.25) is 0 Å². The third-order valence-electron chi connectivity index (χ3n) is 4.18. The number of hydrogen-bond donors (Lipinski definition) is 5. The first-order chi connectivity index (χ1) is 13.7. The Kier molecular flexibility index (Phi) is 11.6. The van der Waals surface area contributed by atoms with E-state index in [0.717, 1.165) is 0 Å². The highest BCUT2D eigenvalue weighted by atomic mass is 32.2. The van der Waals surface area contributed by atoms with Crippen LogP contribution in [0.1, 0.15) is 48.0 Å². The summed E-state index contributed by atoms with van der Waals surface area (Å²) in [7, 11) is -3.78. The average molecular weight is 450 g/mol. The Bertz CT molecular complexity index is 723. The molecular weight excluding hydrogens is 414 g/mol. The minimum absolute atomic E-state index is 0.00734. The minimum Gasteiger partial charge on any atom is -0.343 e. The number of hydrogen-bond acceptors (Lipinski definition) is 7. The van der Waals surface area contributed by atoms with E-state index in [-0.39, 0.29) is 30.6 Å². The van der Waals surface area contributed by atoms with Gasteiger partial charge >= 0.3 is 0 Å². The van der Waals surface area contributed by atoms with Crippen LogP contribution in [-0.4, -0.2) is 62.5 Å². The summed E-state index contributed by atoms with van der Waals surface area (Å²) >= 11 is 0. The molecule has 174 valence electrons. The first-order valence-electron chi connectivity index (χ1n) is 9.88. The molecule has 0 aliphatic rings. The monoisotopic (exact) mass is 449 g/mol. The highest BCUT2D eigenvalue weighted by molar-refractivity contribution is 7.90. The van der Waals surface area contributed by atoms with Gasteiger partial charge in [0.1, 0.15) is 18.1 Å². The maximum atomic E-state index is 12.5. The summed E-state index contributed by atoms with van der Waals surface area (Å²) in [6.45, 7) is 9.62. The average Bonchev–Trinajstić information content (AvgIpc) is 2.63. The van der Waals surface area contributed by atoms with Gasteiger partial charge < -0.3 is 21.7 Å². The van der Waals surface area contributed by atoms with Crippen molar-refractivity contribution in [3.05, 3.63) is 0 Å². The Morgan fingerprint density at radius 2 is 1.43 bits per heavy atom. The summed E-state index contributed by atoms with van der Waals surface area (Å²) in [5, 5.41) is 7.46. The molecule has 0 aliphatic carbocycles. The van der Waals surface area contributed by atoms with Gasteiger partial charge in [-0.05, 0) is 32.1 Å². The number of nitrogens with two attached hydrogens (primary N) is 1. The van der Waals surface area contributed by atoms with Crippen LogP contribution in [0.25, 0.3) is 0 Å². The molecule has 0 saturated carbocycles. The molecule has 0 aromatic rings. The van der Waals surface area contributed by atoms with Crippen LogP contribution in [0.15, 0.2) is 0 Å². The lowest BCUT2D eigenvalue weighted by molar-refractivity contribution is -0.133. The normalized spacial score (nSPS) is 14.6. The maximum absolute atomic E-state index is 12.5. The lowest BCUT2D eigenvalue weighted by atomic mass is 10.0. The number of rotatable bonds is 12. The van der Waals surface area contributed by atoms with Crippen LogP contribution < -0.4 is 26.4 Å². The topological polar surface area (TPSA) is 177 Å². The van der Waals surface area contributed by atoms with Gasteiger partial charge in [0.25, 0.3) is 5.91 Å². The number of carbonyl (C=O) groups is 4. The van der Waals surface area contributed by atoms with Gasteiger partial charge in [-0.3, -0.25) is 23.9 Å². The van der Waals surface area contributed by atoms with Gasteiger partial charge in [0.2, 0.25) is 27.7 Å². The molecule has 11 nitrogen and oxygen atoms in total. The highest BCUT2D eigenvalue weighted by Gasteiger charge is 2.30. The third kappa shape index (κ3) is 10.0. The molecule has 0 aromatic heterocycles. The molecule has 0 aliphatic heterocycles. The highest BCUT2D eigenvalue weighted by Crippen LogP contribution is 2.07. The summed E-state index contributed by atoms with van der Waals surface area (Å²) in [4.78, 5) is 48.8. The summed E-state index contributed by atoms with van der Waals surface area (Å²) in [6.07, 6.45) is 0.207. The second-order valence-electron chi connectivity index (χ2n) is 7.78. The fourth-order valence-corrected chi connectivity index (χ4v) is 3.03. The van der Waals surface area contributed by atoms with Crippen LogP contribution in [-0.2, 0) is 29.2 Å². The van der Waals surface area contributed by atoms with Gasteiger partial charge in [0.15, 0.2) is 0 Å². The smallest absolute Gasteiger partial charge is 0.256 e. The van der Waals surface area contributed by atoms with Crippen molar-refractivity contribution in [2.45, 2.75) is 66.1 Å². The molecule has 12 heteroatoms. The van der Waals surface area contributed by atoms with Crippen LogP contribution in [0.4, 0.5) is 0 Å². The van der Waals surface area contributed by atoms with Crippen molar-refractivity contribution in [2.75, 3.05) is 12.3 Å². The van der Waals surface area contributed by atoms with Crippen molar-refractivity contribution in [1.82, 2.24) is 20.7 Å². The Balaban J connectivity index is 5.19. The quantitative estimate of drug-likeness (QED) is 0.243. The molecule has 0 radical (unpaired) electrons. The molecule has 0 bridgehead atoms. The number of nitrogens with one attached hydrogen (secondary N) is 4. The van der Waals surface area contributed by atoms with Crippen molar-refractivity contribution in [1.29, 1.82) is 0 Å². The second-order valence-corrected chi connectivity index (χ2v) is 9.80. The number of amides is 4. The minimum atomic E-state index is -3.78. The van der Waals surface area contributed by atoms with E-state index in [1.54, 1.807) is 13.8 Å². The fourth-order valence-electron chi connectivity index (χ4n) is 2.43. The van der Waals surface area contributed by atoms with E-state index in [0.29, 0.717) is 0 Å². The Morgan fingerprint density at radius 3 is 1.87 bits per heavy atom. The molecule has 0 heterocycles. The van der Waals surface area contributed by atoms with E-state index < -0.39 is 51.8 Å². The van der Waals surface area contributed by atoms with Crippen molar-refractivity contribution in [3.8, 4) is 0 Å². The second kappa shape index (κ2) is 12.5. The standard InChI is InChI=1S/C18H35N5O6S/c1-7-30(28,29)23-17(26)13(8-10(2)3)21-16(25)12(6)20-18(27)15(11(4)5)22-14(24)9-19/h10-13,15H,7-9,19H2,1-6H3,(H,20,27)(H,21,25)(H,22,24)(H,23,26)/t12-,13-,15-/m0/s1. The fraction of sp³-hybridized carbons (Fsp3) is 0.778. The molecule has 0 spiro atoms. The molecule has 3 atom stereocenters. The molecule has 0 saturated heterocycles. The van der Waals surface area contributed by atoms with Crippen molar-refractivity contribution < 1.29 is 27.6 Å². The van der Waals surface area contributed by atoms with Gasteiger partial charge in [0, 0.05) is 0 Å². The van der Waals surface area contributed by atoms with E-state index in [9.17, 15) is 27.6 Å². The zero-order valence-electron chi connectivity index (χ0n) is 18.4. The zero-order valence-corrected chi connectivity index (χ0v) is 19.3. The summed E-state index contributed by atoms with van der Waals surface area (Å²) in [6, 6.07) is -3.00. The number of carbonyl (C=O) groups excluding carboxylic acids is 4. The largest absolute Gasteiger partial charge is 0.343 e. The zero-order chi connectivity index (χ0) is 23.6. The molecule has 4 amide bonds.